The third kappa shape index (κ3) is 6.34. The van der Waals surface area contributed by atoms with Gasteiger partial charge in [-0.1, -0.05) is 103 Å². The number of ether oxygens (including phenoxy) is 1. The van der Waals surface area contributed by atoms with Crippen molar-refractivity contribution in [3.8, 4) is 5.75 Å². The van der Waals surface area contributed by atoms with Crippen molar-refractivity contribution in [3.05, 3.63) is 155 Å². The van der Waals surface area contributed by atoms with Gasteiger partial charge in [0.15, 0.2) is 0 Å². The van der Waals surface area contributed by atoms with Crippen molar-refractivity contribution in [1.29, 1.82) is 0 Å². The normalized spacial score (nSPS) is 12.9. The van der Waals surface area contributed by atoms with E-state index in [1.54, 1.807) is 7.11 Å². The summed E-state index contributed by atoms with van der Waals surface area (Å²) in [4.78, 5) is 2.42. The van der Waals surface area contributed by atoms with Gasteiger partial charge in [-0.15, -0.1) is 0 Å². The van der Waals surface area contributed by atoms with E-state index in [0.29, 0.717) is 0 Å². The Labute approximate surface area is 243 Å². The molecule has 0 fully saturated rings. The molecular formula is C39H35NO. The van der Waals surface area contributed by atoms with Crippen LogP contribution in [0.1, 0.15) is 46.2 Å². The summed E-state index contributed by atoms with van der Waals surface area (Å²) in [6.07, 6.45) is 13.5. The minimum atomic E-state index is 0.870. The smallest absolute Gasteiger partial charge is 0.118 e. The molecule has 0 spiro atoms. The minimum Gasteiger partial charge on any atom is -0.497 e. The fourth-order valence-electron chi connectivity index (χ4n) is 5.53. The maximum atomic E-state index is 5.28. The van der Waals surface area contributed by atoms with Crippen LogP contribution in [0.25, 0.3) is 24.3 Å². The van der Waals surface area contributed by atoms with Crippen LogP contribution in [0.2, 0.25) is 0 Å². The fraction of sp³-hybridized carbons (Fsp3) is 0.128. The highest BCUT2D eigenvalue weighted by Crippen LogP contribution is 2.40. The van der Waals surface area contributed by atoms with E-state index in [-0.39, 0.29) is 0 Å². The second-order valence-electron chi connectivity index (χ2n) is 10.5. The van der Waals surface area contributed by atoms with Crippen LogP contribution in [0.4, 0.5) is 17.1 Å². The molecule has 2 heteroatoms. The molecule has 0 amide bonds. The zero-order valence-corrected chi connectivity index (χ0v) is 23.5. The number of hydrogen-bond donors (Lipinski definition) is 0. The first-order valence-electron chi connectivity index (χ1n) is 14.4. The van der Waals surface area contributed by atoms with Gasteiger partial charge in [0.25, 0.3) is 0 Å². The Bertz CT molecular complexity index is 1630. The van der Waals surface area contributed by atoms with Crippen LogP contribution in [0.15, 0.2) is 121 Å². The fourth-order valence-corrected chi connectivity index (χ4v) is 5.53. The molecule has 0 radical (unpaired) electrons. The van der Waals surface area contributed by atoms with E-state index in [9.17, 15) is 0 Å². The lowest BCUT2D eigenvalue weighted by molar-refractivity contribution is 0.415. The number of hydrogen-bond acceptors (Lipinski definition) is 2. The molecule has 6 rings (SSSR count). The van der Waals surface area contributed by atoms with E-state index in [1.165, 1.54) is 52.0 Å². The number of fused-ring (bicyclic) bond motifs is 1. The standard InChI is InChI=1S/C39H35NO/c1-41-37-28-22-33(23-29-37)17-16-32-20-26-36(27-21-32)40(39-13-7-11-34-10-5-6-12-38(34)39)35-24-18-31(19-25-35)15-14-30-8-3-2-4-9-30/h2-4,7-9,11,13-29H,5-6,10,12H2,1H3/b15-14+,17-16+. The molecule has 1 aliphatic rings. The van der Waals surface area contributed by atoms with Crippen LogP contribution in [-0.4, -0.2) is 7.11 Å². The Kier molecular flexibility index (Phi) is 8.10. The van der Waals surface area contributed by atoms with Gasteiger partial charge in [-0.25, -0.2) is 0 Å². The van der Waals surface area contributed by atoms with Crippen molar-refractivity contribution >= 4 is 41.4 Å². The van der Waals surface area contributed by atoms with Gasteiger partial charge >= 0.3 is 0 Å². The molecule has 0 saturated carbocycles. The van der Waals surface area contributed by atoms with Gasteiger partial charge in [0, 0.05) is 17.1 Å². The van der Waals surface area contributed by atoms with Crippen LogP contribution >= 0.6 is 0 Å². The monoisotopic (exact) mass is 533 g/mol. The third-order valence-corrected chi connectivity index (χ3v) is 7.77. The van der Waals surface area contributed by atoms with E-state index < -0.39 is 0 Å². The number of aryl methyl sites for hydroxylation is 1. The van der Waals surface area contributed by atoms with Crippen molar-refractivity contribution in [1.82, 2.24) is 0 Å². The van der Waals surface area contributed by atoms with E-state index in [2.05, 4.69) is 132 Å². The van der Waals surface area contributed by atoms with Crippen LogP contribution in [0, 0.1) is 0 Å². The highest BCUT2D eigenvalue weighted by molar-refractivity contribution is 5.81. The Hall–Kier alpha value is -4.82. The summed E-state index contributed by atoms with van der Waals surface area (Å²) in [5.74, 6) is 0.870. The molecule has 0 bridgehead atoms. The molecule has 0 unspecified atom stereocenters. The molecule has 0 saturated heterocycles. The largest absolute Gasteiger partial charge is 0.497 e. The van der Waals surface area contributed by atoms with Crippen LogP contribution in [0.5, 0.6) is 5.75 Å². The second-order valence-corrected chi connectivity index (χ2v) is 10.5. The molecule has 0 aromatic heterocycles. The minimum absolute atomic E-state index is 0.870. The lowest BCUT2D eigenvalue weighted by Gasteiger charge is -2.30. The Morgan fingerprint density at radius 2 is 1.02 bits per heavy atom. The molecule has 41 heavy (non-hydrogen) atoms. The first-order chi connectivity index (χ1) is 20.3. The number of nitrogens with zero attached hydrogens (tertiary/aromatic N) is 1. The number of methoxy groups -OCH3 is 1. The molecule has 0 aliphatic heterocycles. The number of rotatable bonds is 8. The van der Waals surface area contributed by atoms with Gasteiger partial charge in [0.2, 0.25) is 0 Å². The zero-order valence-electron chi connectivity index (χ0n) is 23.5. The van der Waals surface area contributed by atoms with Gasteiger partial charge in [-0.2, -0.15) is 0 Å². The molecular weight excluding hydrogens is 498 g/mol. The molecule has 0 heterocycles. The summed E-state index contributed by atoms with van der Waals surface area (Å²) in [5.41, 5.74) is 11.3. The first-order valence-corrected chi connectivity index (χ1v) is 14.4. The van der Waals surface area contributed by atoms with Crippen molar-refractivity contribution in [2.75, 3.05) is 12.0 Å². The SMILES string of the molecule is COc1ccc(/C=C/c2ccc(N(c3ccc(/C=C/c4ccccc4)cc3)c3cccc4c3CCCC4)cc2)cc1. The number of benzene rings is 5. The van der Waals surface area contributed by atoms with E-state index in [0.717, 1.165) is 29.8 Å². The first kappa shape index (κ1) is 26.4. The van der Waals surface area contributed by atoms with E-state index in [4.69, 9.17) is 4.74 Å². The molecule has 202 valence electrons. The molecule has 5 aromatic carbocycles. The van der Waals surface area contributed by atoms with Crippen LogP contribution < -0.4 is 9.64 Å². The topological polar surface area (TPSA) is 12.5 Å². The molecule has 1 aliphatic carbocycles. The molecule has 0 N–H and O–H groups in total. The molecule has 5 aromatic rings. The highest BCUT2D eigenvalue weighted by atomic mass is 16.5. The summed E-state index contributed by atoms with van der Waals surface area (Å²) in [7, 11) is 1.69. The number of anilines is 3. The quantitative estimate of drug-likeness (QED) is 0.184. The summed E-state index contributed by atoms with van der Waals surface area (Å²) in [5, 5.41) is 0. The van der Waals surface area contributed by atoms with Gasteiger partial charge in [0.05, 0.1) is 7.11 Å². The Morgan fingerprint density at radius 3 is 1.59 bits per heavy atom. The summed E-state index contributed by atoms with van der Waals surface area (Å²) in [6.45, 7) is 0. The lowest BCUT2D eigenvalue weighted by atomic mass is 9.90. The second kappa shape index (κ2) is 12.6. The predicted molar refractivity (Wildman–Crippen MR) is 175 cm³/mol. The summed E-state index contributed by atoms with van der Waals surface area (Å²) < 4.78 is 5.28. The average molecular weight is 534 g/mol. The maximum Gasteiger partial charge on any atom is 0.118 e. The van der Waals surface area contributed by atoms with Gasteiger partial charge in [0.1, 0.15) is 5.75 Å². The molecule has 2 nitrogen and oxygen atoms in total. The van der Waals surface area contributed by atoms with Crippen molar-refractivity contribution < 1.29 is 4.74 Å². The van der Waals surface area contributed by atoms with Crippen molar-refractivity contribution in [2.24, 2.45) is 0 Å². The Balaban J connectivity index is 1.31. The van der Waals surface area contributed by atoms with Gasteiger partial charge in [-0.3, -0.25) is 0 Å². The van der Waals surface area contributed by atoms with Gasteiger partial charge < -0.3 is 9.64 Å². The van der Waals surface area contributed by atoms with Crippen molar-refractivity contribution in [2.45, 2.75) is 25.7 Å². The molecule has 0 atom stereocenters. The van der Waals surface area contributed by atoms with Crippen LogP contribution in [-0.2, 0) is 12.8 Å². The van der Waals surface area contributed by atoms with E-state index >= 15 is 0 Å². The zero-order chi connectivity index (χ0) is 27.9. The predicted octanol–water partition coefficient (Wildman–Crippen LogP) is 10.4. The van der Waals surface area contributed by atoms with E-state index in [1.807, 2.05) is 18.2 Å². The van der Waals surface area contributed by atoms with Crippen LogP contribution in [0.3, 0.4) is 0 Å². The lowest BCUT2D eigenvalue weighted by Crippen LogP contribution is -2.15. The van der Waals surface area contributed by atoms with Gasteiger partial charge in [-0.05, 0) is 102 Å². The highest BCUT2D eigenvalue weighted by Gasteiger charge is 2.20. The Morgan fingerprint density at radius 1 is 0.512 bits per heavy atom. The summed E-state index contributed by atoms with van der Waals surface area (Å²) in [6, 6.07) is 43.2. The van der Waals surface area contributed by atoms with Crippen molar-refractivity contribution in [3.63, 3.8) is 0 Å². The average Bonchev–Trinajstić information content (AvgIpc) is 3.05. The maximum absolute atomic E-state index is 5.28. The third-order valence-electron chi connectivity index (χ3n) is 7.77. The summed E-state index contributed by atoms with van der Waals surface area (Å²) >= 11 is 0.